The molecule has 5 nitrogen and oxygen atoms in total. The highest BCUT2D eigenvalue weighted by Crippen LogP contribution is 2.33. The maximum absolute atomic E-state index is 12.5. The van der Waals surface area contributed by atoms with Gasteiger partial charge in [0.05, 0.1) is 31.5 Å². The minimum Gasteiger partial charge on any atom is -0.633 e. The summed E-state index contributed by atoms with van der Waals surface area (Å²) >= 11 is 12.1. The maximum atomic E-state index is 12.5. The van der Waals surface area contributed by atoms with Gasteiger partial charge in [0.1, 0.15) is 5.02 Å². The quantitative estimate of drug-likeness (QED) is 0.631. The van der Waals surface area contributed by atoms with Gasteiger partial charge in [-0.1, -0.05) is 23.2 Å². The first-order chi connectivity index (χ1) is 10.1. The molecule has 0 atom stereocenters. The lowest BCUT2D eigenvalue weighted by atomic mass is 9.96. The summed E-state index contributed by atoms with van der Waals surface area (Å²) < 4.78 is 0.0219. The van der Waals surface area contributed by atoms with Gasteiger partial charge in [-0.05, 0) is 12.8 Å². The Morgan fingerprint density at radius 2 is 1.90 bits per heavy atom. The van der Waals surface area contributed by atoms with E-state index in [1.165, 1.54) is 0 Å². The van der Waals surface area contributed by atoms with Crippen molar-refractivity contribution in [2.24, 2.45) is 5.92 Å². The molecule has 2 fully saturated rings. The lowest BCUT2D eigenvalue weighted by molar-refractivity contribution is -0.871. The van der Waals surface area contributed by atoms with Crippen molar-refractivity contribution < 1.29 is 4.65 Å². The molecule has 0 N–H and O–H groups in total. The summed E-state index contributed by atoms with van der Waals surface area (Å²) in [6.45, 7) is 4.17. The summed E-state index contributed by atoms with van der Waals surface area (Å²) in [5.41, 5.74) is 0.849. The molecular weight excluding hydrogens is 311 g/mol. The number of rotatable bonds is 3. The molecule has 0 bridgehead atoms. The lowest BCUT2D eigenvalue weighted by Gasteiger charge is -2.43. The molecule has 2 aliphatic rings. The summed E-state index contributed by atoms with van der Waals surface area (Å²) in [5, 5.41) is 20.8. The number of likely N-dealkylation sites (tertiary alicyclic amines) is 1. The molecule has 0 aliphatic carbocycles. The van der Waals surface area contributed by atoms with Crippen LogP contribution in [0.25, 0.3) is 0 Å². The number of nitrogens with zero attached hydrogens (tertiary/aromatic N) is 4. The number of piperidine rings is 1. The van der Waals surface area contributed by atoms with E-state index in [2.05, 4.69) is 15.1 Å². The first kappa shape index (κ1) is 15.3. The van der Waals surface area contributed by atoms with Gasteiger partial charge in [-0.3, -0.25) is 0 Å². The molecule has 21 heavy (non-hydrogen) atoms. The Morgan fingerprint density at radius 3 is 2.57 bits per heavy atom. The molecule has 0 saturated carbocycles. The average Bonchev–Trinajstić information content (AvgIpc) is 2.89. The fourth-order valence-corrected chi connectivity index (χ4v) is 3.83. The van der Waals surface area contributed by atoms with Crippen LogP contribution in [0.5, 0.6) is 0 Å². The van der Waals surface area contributed by atoms with Gasteiger partial charge >= 0.3 is 0 Å². The highest BCUT2D eigenvalue weighted by molar-refractivity contribution is 6.42. The molecule has 3 rings (SSSR count). The molecular formula is C14H20Cl2N4O. The van der Waals surface area contributed by atoms with E-state index < -0.39 is 0 Å². The Bertz CT molecular complexity index is 500. The summed E-state index contributed by atoms with van der Waals surface area (Å²) in [7, 11) is 0. The Hall–Kier alpha value is -0.620. The second-order valence-corrected chi connectivity index (χ2v) is 6.90. The van der Waals surface area contributed by atoms with E-state index in [0.29, 0.717) is 10.9 Å². The van der Waals surface area contributed by atoms with Gasteiger partial charge in [0, 0.05) is 31.8 Å². The number of hydrogen-bond acceptors (Lipinski definition) is 4. The Balaban J connectivity index is 1.59. The highest BCUT2D eigenvalue weighted by Gasteiger charge is 2.30. The van der Waals surface area contributed by atoms with E-state index >= 15 is 0 Å². The summed E-state index contributed by atoms with van der Waals surface area (Å²) in [6, 6.07) is 0. The van der Waals surface area contributed by atoms with Crippen molar-refractivity contribution in [3.63, 3.8) is 0 Å². The van der Waals surface area contributed by atoms with E-state index in [4.69, 9.17) is 23.2 Å². The third-order valence-electron chi connectivity index (χ3n) is 4.66. The van der Waals surface area contributed by atoms with Crippen LogP contribution < -0.4 is 4.90 Å². The topological polar surface area (TPSA) is 52.1 Å². The molecule has 0 amide bonds. The second kappa shape index (κ2) is 6.24. The monoisotopic (exact) mass is 330 g/mol. The smallest absolute Gasteiger partial charge is 0.172 e. The Morgan fingerprint density at radius 1 is 1.24 bits per heavy atom. The predicted octanol–water partition coefficient (Wildman–Crippen LogP) is 3.11. The van der Waals surface area contributed by atoms with E-state index in [0.717, 1.165) is 64.1 Å². The molecule has 1 aromatic rings. The van der Waals surface area contributed by atoms with E-state index in [1.807, 2.05) is 0 Å². The normalized spacial score (nSPS) is 22.7. The molecule has 2 aliphatic heterocycles. The molecule has 0 radical (unpaired) electrons. The molecule has 2 saturated heterocycles. The molecule has 0 unspecified atom stereocenters. The van der Waals surface area contributed by atoms with Gasteiger partial charge in [-0.2, -0.15) is 5.10 Å². The van der Waals surface area contributed by atoms with Gasteiger partial charge in [0.15, 0.2) is 5.15 Å². The van der Waals surface area contributed by atoms with Gasteiger partial charge in [-0.15, -0.1) is 5.10 Å². The van der Waals surface area contributed by atoms with Crippen molar-refractivity contribution in [2.45, 2.75) is 25.7 Å². The summed E-state index contributed by atoms with van der Waals surface area (Å²) in [4.78, 5) is 2.19. The summed E-state index contributed by atoms with van der Waals surface area (Å²) in [6.07, 6.45) is 5.88. The molecule has 7 heteroatoms. The number of anilines is 1. The summed E-state index contributed by atoms with van der Waals surface area (Å²) in [5.74, 6) is 0.515. The van der Waals surface area contributed by atoms with Crippen molar-refractivity contribution in [3.05, 3.63) is 21.6 Å². The third kappa shape index (κ3) is 3.42. The van der Waals surface area contributed by atoms with Crippen LogP contribution in [0, 0.1) is 11.1 Å². The first-order valence-electron chi connectivity index (χ1n) is 7.56. The van der Waals surface area contributed by atoms with Crippen LogP contribution in [-0.2, 0) is 0 Å². The molecule has 0 spiro atoms. The number of aromatic nitrogens is 2. The van der Waals surface area contributed by atoms with E-state index in [9.17, 15) is 5.21 Å². The Kier molecular flexibility index (Phi) is 4.54. The zero-order chi connectivity index (χ0) is 14.9. The lowest BCUT2D eigenvalue weighted by Crippen LogP contribution is -2.46. The zero-order valence-corrected chi connectivity index (χ0v) is 13.5. The molecule has 3 heterocycles. The largest absolute Gasteiger partial charge is 0.633 e. The number of quaternary nitrogens is 1. The van der Waals surface area contributed by atoms with Crippen LogP contribution in [-0.4, -0.2) is 47.6 Å². The van der Waals surface area contributed by atoms with Gasteiger partial charge in [0.2, 0.25) is 0 Å². The van der Waals surface area contributed by atoms with Gasteiger partial charge < -0.3 is 14.8 Å². The van der Waals surface area contributed by atoms with E-state index in [-0.39, 0.29) is 9.80 Å². The number of hydroxylamine groups is 3. The second-order valence-electron chi connectivity index (χ2n) is 6.16. The Labute approximate surface area is 135 Å². The average molecular weight is 331 g/mol. The van der Waals surface area contributed by atoms with Gasteiger partial charge in [0.25, 0.3) is 0 Å². The SMILES string of the molecule is [O-][N+]1(CC2CCN(c3cnnc(Cl)c3Cl)CC2)CCCC1. The molecule has 1 aromatic heterocycles. The fourth-order valence-electron chi connectivity index (χ4n) is 3.48. The third-order valence-corrected chi connectivity index (χ3v) is 5.39. The number of halogens is 2. The minimum absolute atomic E-state index is 0.0219. The predicted molar refractivity (Wildman–Crippen MR) is 84.5 cm³/mol. The number of hydrogen-bond donors (Lipinski definition) is 0. The van der Waals surface area contributed by atoms with Crippen molar-refractivity contribution in [1.29, 1.82) is 0 Å². The van der Waals surface area contributed by atoms with Crippen LogP contribution in [0.15, 0.2) is 6.20 Å². The van der Waals surface area contributed by atoms with Crippen LogP contribution in [0.4, 0.5) is 5.69 Å². The van der Waals surface area contributed by atoms with Crippen molar-refractivity contribution >= 4 is 28.9 Å². The van der Waals surface area contributed by atoms with Crippen LogP contribution in [0.2, 0.25) is 10.2 Å². The highest BCUT2D eigenvalue weighted by atomic mass is 35.5. The van der Waals surface area contributed by atoms with E-state index in [1.54, 1.807) is 6.20 Å². The van der Waals surface area contributed by atoms with Crippen molar-refractivity contribution in [2.75, 3.05) is 37.6 Å². The minimum atomic E-state index is 0.0219. The van der Waals surface area contributed by atoms with Crippen LogP contribution in [0.3, 0.4) is 0 Å². The van der Waals surface area contributed by atoms with Crippen LogP contribution in [0.1, 0.15) is 25.7 Å². The standard InChI is InChI=1S/C14H20Cl2N4O/c15-13-12(9-17-18-14(13)16)19-5-3-11(4-6-19)10-20(21)7-1-2-8-20/h9,11H,1-8,10H2. The first-order valence-corrected chi connectivity index (χ1v) is 8.32. The maximum Gasteiger partial charge on any atom is 0.172 e. The fraction of sp³-hybridized carbons (Fsp3) is 0.714. The van der Waals surface area contributed by atoms with Crippen LogP contribution >= 0.6 is 23.2 Å². The molecule has 0 aromatic carbocycles. The zero-order valence-electron chi connectivity index (χ0n) is 12.0. The van der Waals surface area contributed by atoms with Crippen molar-refractivity contribution in [1.82, 2.24) is 10.2 Å². The molecule has 116 valence electrons. The van der Waals surface area contributed by atoms with Gasteiger partial charge in [-0.25, -0.2) is 0 Å². The van der Waals surface area contributed by atoms with Crippen molar-refractivity contribution in [3.8, 4) is 0 Å².